The monoisotopic (exact) mass is 1630 g/mol. The highest BCUT2D eigenvalue weighted by Gasteiger charge is 2.36. The smallest absolute Gasteiger partial charge is 0.217 e. The Labute approximate surface area is 736 Å². The molecule has 0 saturated heterocycles. The maximum Gasteiger partial charge on any atom is 0.217 e. The molecule has 5 heteroatoms. The summed E-state index contributed by atoms with van der Waals surface area (Å²) >= 11 is 0. The highest BCUT2D eigenvalue weighted by molar-refractivity contribution is 5.73. The standard InChI is InChI=1S/C112H209N3O2/c1-6-11-16-20-24-28-30-32-34-35-36-37-42-47-53-62-72-82-92-103-112(104-93-83-73-63-54-48-43-38-40-45-51-60-70-80-90-101-110(113)116,105-94-84-74-64-55-49-44-39-41-46-52-61-71-81-91-102-111(114)117)108(97-15-10-5)98-87-77-67-59-57-66-76-86-96-107-115(106-95-85-75-65-56-50-33-31-29-25-21-17-12-7-2)109(99-88-78-68-27-23-19-14-9-4)100-89-79-69-58-26-22-18-13-8-3/h1,3,108-109H,7,9-10,12,14-15,17,19-107H2,2,4-5H3,(H2,113,116)(H2,114,117). The van der Waals surface area contributed by atoms with Crippen molar-refractivity contribution < 1.29 is 9.59 Å². The van der Waals surface area contributed by atoms with Crippen LogP contribution in [0.1, 0.15) is 624 Å². The molecule has 117 heavy (non-hydrogen) atoms. The molecule has 0 saturated carbocycles. The van der Waals surface area contributed by atoms with Crippen molar-refractivity contribution in [3.05, 3.63) is 0 Å². The van der Waals surface area contributed by atoms with Gasteiger partial charge in [-0.1, -0.05) is 527 Å². The van der Waals surface area contributed by atoms with Gasteiger partial charge in [0.25, 0.3) is 0 Å². The van der Waals surface area contributed by atoms with Crippen molar-refractivity contribution in [2.24, 2.45) is 22.8 Å². The van der Waals surface area contributed by atoms with Crippen molar-refractivity contribution in [2.45, 2.75) is 630 Å². The van der Waals surface area contributed by atoms with E-state index in [9.17, 15) is 9.59 Å². The molecular formula is C112H209N3O2. The lowest BCUT2D eigenvalue weighted by atomic mass is 9.62. The second-order valence-corrected chi connectivity index (χ2v) is 38.3. The molecule has 0 aromatic carbocycles. The third-order valence-electron chi connectivity index (χ3n) is 27.3. The molecule has 0 radical (unpaired) electrons. The van der Waals surface area contributed by atoms with E-state index in [1.807, 2.05) is 0 Å². The average molecular weight is 1630 g/mol. The van der Waals surface area contributed by atoms with E-state index in [0.29, 0.717) is 18.3 Å². The Kier molecular flexibility index (Phi) is 96.2. The lowest BCUT2D eigenvalue weighted by molar-refractivity contribution is -0.119. The van der Waals surface area contributed by atoms with Gasteiger partial charge in [0.15, 0.2) is 0 Å². The lowest BCUT2D eigenvalue weighted by Gasteiger charge is -2.43. The van der Waals surface area contributed by atoms with Crippen molar-refractivity contribution in [1.82, 2.24) is 4.90 Å². The third-order valence-corrected chi connectivity index (χ3v) is 27.3. The largest absolute Gasteiger partial charge is 0.370 e. The number of nitrogens with zero attached hydrogens (tertiary/aromatic N) is 1. The molecule has 0 rings (SSSR count). The topological polar surface area (TPSA) is 89.4 Å². The minimum absolute atomic E-state index is 0.146. The lowest BCUT2D eigenvalue weighted by Crippen LogP contribution is -2.37. The van der Waals surface area contributed by atoms with E-state index in [0.717, 1.165) is 50.5 Å². The Balaban J connectivity index is 6.07. The van der Waals surface area contributed by atoms with Gasteiger partial charge in [0.05, 0.1) is 0 Å². The van der Waals surface area contributed by atoms with Gasteiger partial charge in [0.2, 0.25) is 11.8 Å². The maximum absolute atomic E-state index is 11.1. The first kappa shape index (κ1) is 114. The van der Waals surface area contributed by atoms with Crippen LogP contribution in [0.4, 0.5) is 0 Å². The van der Waals surface area contributed by atoms with Gasteiger partial charge in [-0.2, -0.15) is 0 Å². The first-order valence-corrected chi connectivity index (χ1v) is 54.0. The molecule has 4 N–H and O–H groups in total. The first-order chi connectivity index (χ1) is 57.8. The second kappa shape index (κ2) is 98.6. The SMILES string of the molecule is C#CC#CCCCCCCCCCCCCCCCCCC(CCCCCCCCCCCCCCCCCC(N)=O)(CCCCCCCCCCCCCCCCCC(N)=O)C(CCCC)CCCCCCCCCCCN(CCCCCCCCCCCCCCCC)C(CCCCCCCC#CC#C)CCCCCCCCCC. The van der Waals surface area contributed by atoms with Gasteiger partial charge in [0, 0.05) is 31.7 Å². The molecule has 0 heterocycles. The molecule has 0 fully saturated rings. The van der Waals surface area contributed by atoms with Crippen LogP contribution in [0.2, 0.25) is 0 Å². The van der Waals surface area contributed by atoms with E-state index in [1.54, 1.807) is 0 Å². The zero-order valence-electron chi connectivity index (χ0n) is 80.1. The summed E-state index contributed by atoms with van der Waals surface area (Å²) < 4.78 is 0. The van der Waals surface area contributed by atoms with Crippen molar-refractivity contribution in [1.29, 1.82) is 0 Å². The summed E-state index contributed by atoms with van der Waals surface area (Å²) in [7, 11) is 0. The summed E-state index contributed by atoms with van der Waals surface area (Å²) in [4.78, 5) is 25.3. The number of unbranched alkanes of at least 4 members (excludes halogenated alkanes) is 77. The molecule has 0 aliphatic carbocycles. The van der Waals surface area contributed by atoms with Crippen LogP contribution in [0.3, 0.4) is 0 Å². The minimum atomic E-state index is -0.146. The molecule has 2 atom stereocenters. The molecule has 684 valence electrons. The number of terminal acetylenes is 2. The minimum Gasteiger partial charge on any atom is -0.370 e. The molecule has 0 bridgehead atoms. The van der Waals surface area contributed by atoms with Crippen LogP contribution >= 0.6 is 0 Å². The van der Waals surface area contributed by atoms with Gasteiger partial charge in [-0.15, -0.1) is 12.8 Å². The molecule has 5 nitrogen and oxygen atoms in total. The van der Waals surface area contributed by atoms with E-state index >= 15 is 0 Å². The van der Waals surface area contributed by atoms with Gasteiger partial charge in [-0.05, 0) is 132 Å². The van der Waals surface area contributed by atoms with Crippen LogP contribution in [-0.2, 0) is 9.59 Å². The summed E-state index contributed by atoms with van der Waals surface area (Å²) in [5, 5.41) is 0. The summed E-state index contributed by atoms with van der Waals surface area (Å²) in [5.41, 5.74) is 11.2. The van der Waals surface area contributed by atoms with E-state index < -0.39 is 0 Å². The van der Waals surface area contributed by atoms with Crippen molar-refractivity contribution in [3.63, 3.8) is 0 Å². The molecule has 0 aromatic rings. The normalized spacial score (nSPS) is 12.1. The van der Waals surface area contributed by atoms with E-state index in [4.69, 9.17) is 24.3 Å². The Bertz CT molecular complexity index is 2150. The average Bonchev–Trinajstić information content (AvgIpc) is 0.825. The predicted molar refractivity (Wildman–Crippen MR) is 524 cm³/mol. The van der Waals surface area contributed by atoms with Gasteiger partial charge in [0.1, 0.15) is 0 Å². The number of carbonyl (C=O) groups is 2. The zero-order chi connectivity index (χ0) is 84.5. The van der Waals surface area contributed by atoms with E-state index in [-0.39, 0.29) is 11.8 Å². The fraction of sp³-hybridized carbons (Fsp3) is 0.911. The summed E-state index contributed by atoms with van der Waals surface area (Å²) in [6.07, 6.45) is 140. The maximum atomic E-state index is 11.1. The summed E-state index contributed by atoms with van der Waals surface area (Å²) in [5.74, 6) is 17.4. The molecule has 0 aliphatic heterocycles. The molecule has 2 amide bonds. The fourth-order valence-electron chi connectivity index (χ4n) is 19.6. The van der Waals surface area contributed by atoms with Crippen LogP contribution in [0.25, 0.3) is 0 Å². The number of rotatable bonds is 101. The zero-order valence-corrected chi connectivity index (χ0v) is 80.1. The van der Waals surface area contributed by atoms with Gasteiger partial charge < -0.3 is 16.4 Å². The second-order valence-electron chi connectivity index (χ2n) is 38.3. The van der Waals surface area contributed by atoms with Crippen LogP contribution in [-0.4, -0.2) is 35.8 Å². The predicted octanol–water partition coefficient (Wildman–Crippen LogP) is 36.2. The van der Waals surface area contributed by atoms with E-state index in [1.165, 1.54) is 565 Å². The number of amides is 2. The quantitative estimate of drug-likeness (QED) is 0.0470. The third kappa shape index (κ3) is 87.8. The summed E-state index contributed by atoms with van der Waals surface area (Å²) in [6, 6.07) is 0.775. The highest BCUT2D eigenvalue weighted by Crippen LogP contribution is 2.48. The molecule has 2 unspecified atom stereocenters. The Morgan fingerprint density at radius 2 is 0.444 bits per heavy atom. The first-order valence-electron chi connectivity index (χ1n) is 54.0. The Morgan fingerprint density at radius 1 is 0.248 bits per heavy atom. The van der Waals surface area contributed by atoms with Crippen LogP contribution in [0, 0.1) is 59.7 Å². The van der Waals surface area contributed by atoms with E-state index in [2.05, 4.69) is 61.2 Å². The van der Waals surface area contributed by atoms with Gasteiger partial charge in [-0.25, -0.2) is 0 Å². The van der Waals surface area contributed by atoms with Crippen molar-refractivity contribution in [2.75, 3.05) is 13.1 Å². The number of primary amides is 2. The van der Waals surface area contributed by atoms with Gasteiger partial charge in [-0.3, -0.25) is 9.59 Å². The van der Waals surface area contributed by atoms with Crippen LogP contribution in [0.15, 0.2) is 0 Å². The molecular weight excluding hydrogens is 1420 g/mol. The molecule has 0 spiro atoms. The van der Waals surface area contributed by atoms with Crippen LogP contribution in [0.5, 0.6) is 0 Å². The number of carbonyl (C=O) groups excluding carboxylic acids is 2. The fourth-order valence-corrected chi connectivity index (χ4v) is 19.6. The Hall–Kier alpha value is -2.86. The van der Waals surface area contributed by atoms with Crippen molar-refractivity contribution in [3.8, 4) is 48.4 Å². The van der Waals surface area contributed by atoms with Crippen molar-refractivity contribution >= 4 is 11.8 Å². The molecule has 0 aromatic heterocycles. The molecule has 0 aliphatic rings. The van der Waals surface area contributed by atoms with Gasteiger partial charge >= 0.3 is 0 Å². The number of hydrogen-bond acceptors (Lipinski definition) is 3. The summed E-state index contributed by atoms with van der Waals surface area (Å²) in [6.45, 7) is 9.84. The number of nitrogens with two attached hydrogens (primary N) is 2. The highest BCUT2D eigenvalue weighted by atomic mass is 16.1. The number of hydrogen-bond donors (Lipinski definition) is 2. The van der Waals surface area contributed by atoms with Crippen LogP contribution < -0.4 is 11.5 Å². The Morgan fingerprint density at radius 3 is 0.684 bits per heavy atom.